The standard InChI is InChI=1S/C49H34N2.C41H30.C33H24S/c1-49(2)42-22-10-5-21-40(42)48-39-20-4-3-15-34(39)41(30-43(48)49)31-27-32(50-44-23-11-6-16-35(44)36-17-7-12-24-45(36)50)29-33(28-31)51-46-25-13-8-18-37(46)38-19-9-14-26-47(38)51;1-41(2)39-13-6-5-12-37(39)38-21-20-36(26-40(38)41)30-11-7-10-29(23-30)31-16-17-35-25-34(19-18-33(35)24-31)32-15-14-27-8-3-4-9-28(27)22-32;1-33(2)29-15-5-3-11-25(29)26-18-17-22(20-30(26)33)21-9-7-10-23(19-21)24-13-8-14-28-27-12-4-6-16-31(27)34-32(24)28/h3-30H,1-2H3;3-26H,1-2H3;3-20H,1-2H3. The predicted molar refractivity (Wildman–Crippen MR) is 539 cm³/mol. The first-order valence-corrected chi connectivity index (χ1v) is 45.0. The fourth-order valence-electron chi connectivity index (χ4n) is 21.7. The normalized spacial score (nSPS) is 13.5. The number of rotatable bonds is 8. The van der Waals surface area contributed by atoms with E-state index < -0.39 is 0 Å². The third-order valence-corrected chi connectivity index (χ3v) is 29.2. The van der Waals surface area contributed by atoms with E-state index in [1.807, 2.05) is 11.3 Å². The Kier molecular flexibility index (Phi) is 17.3. The minimum absolute atomic E-state index is 0.00357. The van der Waals surface area contributed by atoms with Crippen LogP contribution in [0.5, 0.6) is 0 Å². The lowest BCUT2D eigenvalue weighted by Crippen LogP contribution is -2.15. The molecule has 0 fully saturated rings. The summed E-state index contributed by atoms with van der Waals surface area (Å²) in [5, 5.41) is 15.4. The molecule has 0 spiro atoms. The van der Waals surface area contributed by atoms with Crippen LogP contribution in [0, 0.1) is 0 Å². The Labute approximate surface area is 738 Å². The molecule has 0 bridgehead atoms. The topological polar surface area (TPSA) is 9.86 Å². The number of benzene rings is 20. The van der Waals surface area contributed by atoms with Gasteiger partial charge in [-0.3, -0.25) is 0 Å². The van der Waals surface area contributed by atoms with Crippen LogP contribution in [0.2, 0.25) is 0 Å². The molecule has 0 amide bonds. The highest BCUT2D eigenvalue weighted by atomic mass is 32.1. The number of thiophene rings is 1. The quantitative estimate of drug-likeness (QED) is 0.143. The second-order valence-electron chi connectivity index (χ2n) is 36.2. The summed E-state index contributed by atoms with van der Waals surface area (Å²) >= 11 is 1.89. The van der Waals surface area contributed by atoms with E-state index in [9.17, 15) is 0 Å². The summed E-state index contributed by atoms with van der Waals surface area (Å²) in [7, 11) is 0. The van der Waals surface area contributed by atoms with Crippen molar-refractivity contribution in [1.82, 2.24) is 9.13 Å². The lowest BCUT2D eigenvalue weighted by Gasteiger charge is -2.23. The van der Waals surface area contributed by atoms with Crippen LogP contribution in [0.3, 0.4) is 0 Å². The van der Waals surface area contributed by atoms with Crippen molar-refractivity contribution < 1.29 is 0 Å². The summed E-state index contributed by atoms with van der Waals surface area (Å²) < 4.78 is 7.63. The average Bonchev–Trinajstić information content (AvgIpc) is 1.54. The first kappa shape index (κ1) is 74.8. The first-order valence-electron chi connectivity index (χ1n) is 44.2. The van der Waals surface area contributed by atoms with Crippen molar-refractivity contribution in [2.24, 2.45) is 0 Å². The Bertz CT molecular complexity index is 8220. The molecular formula is C123H88N2S. The van der Waals surface area contributed by atoms with E-state index in [1.165, 1.54) is 230 Å². The van der Waals surface area contributed by atoms with Gasteiger partial charge in [-0.2, -0.15) is 0 Å². The molecule has 3 aliphatic rings. The van der Waals surface area contributed by atoms with Crippen LogP contribution >= 0.6 is 11.3 Å². The molecule has 596 valence electrons. The zero-order chi connectivity index (χ0) is 84.3. The van der Waals surface area contributed by atoms with Gasteiger partial charge in [-0.15, -0.1) is 11.3 Å². The molecule has 0 atom stereocenters. The number of hydrogen-bond donors (Lipinski definition) is 0. The number of fused-ring (bicyclic) bond motifs is 22. The molecule has 3 aliphatic carbocycles. The van der Waals surface area contributed by atoms with Crippen molar-refractivity contribution in [3.05, 3.63) is 458 Å². The number of para-hydroxylation sites is 4. The molecule has 2 nitrogen and oxygen atoms in total. The van der Waals surface area contributed by atoms with Gasteiger partial charge >= 0.3 is 0 Å². The van der Waals surface area contributed by atoms with Gasteiger partial charge in [0.2, 0.25) is 0 Å². The minimum Gasteiger partial charge on any atom is -0.309 e. The molecule has 3 aromatic heterocycles. The fourth-order valence-corrected chi connectivity index (χ4v) is 22.9. The highest BCUT2D eigenvalue weighted by Gasteiger charge is 2.39. The summed E-state index contributed by atoms with van der Waals surface area (Å²) in [6.45, 7) is 14.2. The van der Waals surface area contributed by atoms with E-state index in [0.717, 1.165) is 11.4 Å². The maximum Gasteiger partial charge on any atom is 0.0541 e. The van der Waals surface area contributed by atoms with Crippen molar-refractivity contribution in [3.8, 4) is 112 Å². The van der Waals surface area contributed by atoms with Crippen LogP contribution in [-0.2, 0) is 16.2 Å². The third-order valence-electron chi connectivity index (χ3n) is 28.0. The van der Waals surface area contributed by atoms with Crippen LogP contribution in [-0.4, -0.2) is 9.13 Å². The van der Waals surface area contributed by atoms with Crippen LogP contribution in [0.15, 0.2) is 425 Å². The molecule has 0 saturated carbocycles. The van der Waals surface area contributed by atoms with Crippen molar-refractivity contribution >= 4 is 107 Å². The first-order chi connectivity index (χ1) is 61.7. The van der Waals surface area contributed by atoms with Crippen molar-refractivity contribution in [2.75, 3.05) is 0 Å². The van der Waals surface area contributed by atoms with E-state index in [0.29, 0.717) is 0 Å². The monoisotopic (exact) mass is 1620 g/mol. The molecule has 0 N–H and O–H groups in total. The number of aromatic nitrogens is 2. The van der Waals surface area contributed by atoms with Crippen LogP contribution < -0.4 is 0 Å². The zero-order valence-electron chi connectivity index (χ0n) is 71.2. The van der Waals surface area contributed by atoms with Gasteiger partial charge in [0.25, 0.3) is 0 Å². The Morgan fingerprint density at radius 1 is 0.183 bits per heavy atom. The molecular weight excluding hydrogens is 1540 g/mol. The van der Waals surface area contributed by atoms with Gasteiger partial charge in [0.05, 0.1) is 22.1 Å². The van der Waals surface area contributed by atoms with Crippen LogP contribution in [0.25, 0.3) is 208 Å². The average molecular weight is 1630 g/mol. The molecule has 126 heavy (non-hydrogen) atoms. The van der Waals surface area contributed by atoms with Crippen molar-refractivity contribution in [1.29, 1.82) is 0 Å². The summed E-state index contributed by atoms with van der Waals surface area (Å²) in [5.74, 6) is 0. The number of hydrogen-bond acceptors (Lipinski definition) is 1. The summed E-state index contributed by atoms with van der Waals surface area (Å²) in [6.07, 6.45) is 0. The van der Waals surface area contributed by atoms with E-state index in [2.05, 4.69) is 475 Å². The van der Waals surface area contributed by atoms with E-state index in [-0.39, 0.29) is 16.2 Å². The molecule has 0 saturated heterocycles. The van der Waals surface area contributed by atoms with Gasteiger partial charge in [0, 0.05) is 69.3 Å². The van der Waals surface area contributed by atoms with Gasteiger partial charge < -0.3 is 9.13 Å². The van der Waals surface area contributed by atoms with Crippen molar-refractivity contribution in [3.63, 3.8) is 0 Å². The Hall–Kier alpha value is -15.0. The van der Waals surface area contributed by atoms with Gasteiger partial charge in [-0.25, -0.2) is 0 Å². The molecule has 0 aliphatic heterocycles. The van der Waals surface area contributed by atoms with E-state index in [4.69, 9.17) is 0 Å². The van der Waals surface area contributed by atoms with E-state index >= 15 is 0 Å². The summed E-state index contributed by atoms with van der Waals surface area (Å²) in [4.78, 5) is 0. The Balaban J connectivity index is 0.000000108. The molecule has 3 heterocycles. The molecule has 20 aromatic carbocycles. The van der Waals surface area contributed by atoms with Crippen LogP contribution in [0.4, 0.5) is 0 Å². The third kappa shape index (κ3) is 12.0. The second-order valence-corrected chi connectivity index (χ2v) is 37.2. The molecule has 0 radical (unpaired) electrons. The largest absolute Gasteiger partial charge is 0.309 e. The molecule has 23 aromatic rings. The summed E-state index contributed by atoms with van der Waals surface area (Å²) in [6, 6.07) is 157. The predicted octanol–water partition coefficient (Wildman–Crippen LogP) is 34.0. The van der Waals surface area contributed by atoms with Gasteiger partial charge in [0.15, 0.2) is 0 Å². The van der Waals surface area contributed by atoms with Crippen LogP contribution in [0.1, 0.15) is 74.9 Å². The Morgan fingerprint density at radius 3 is 1.05 bits per heavy atom. The zero-order valence-corrected chi connectivity index (χ0v) is 72.0. The maximum atomic E-state index is 2.50. The highest BCUT2D eigenvalue weighted by molar-refractivity contribution is 7.26. The van der Waals surface area contributed by atoms with Gasteiger partial charge in [-0.1, -0.05) is 369 Å². The minimum atomic E-state index is -0.120. The molecule has 26 rings (SSSR count). The van der Waals surface area contributed by atoms with Gasteiger partial charge in [-0.05, 0) is 263 Å². The molecule has 3 heteroatoms. The maximum absolute atomic E-state index is 2.50. The molecule has 0 unspecified atom stereocenters. The lowest BCUT2D eigenvalue weighted by molar-refractivity contribution is 0.660. The smallest absolute Gasteiger partial charge is 0.0541 e. The van der Waals surface area contributed by atoms with E-state index in [1.54, 1.807) is 0 Å². The second kappa shape index (κ2) is 29.1. The van der Waals surface area contributed by atoms with Crippen molar-refractivity contribution in [2.45, 2.75) is 57.8 Å². The highest BCUT2D eigenvalue weighted by Crippen LogP contribution is 2.56. The van der Waals surface area contributed by atoms with Gasteiger partial charge in [0.1, 0.15) is 0 Å². The SMILES string of the molecule is CC1(C)c2ccccc2-c2c1cc(-c1cc(-n3c4ccccc4c4ccccc43)cc(-n3c4ccccc4c4ccccc43)c1)c1ccccc21.CC1(C)c2ccccc2-c2ccc(-c3cccc(-c4ccc5cc(-c6ccc7ccccc7c6)ccc5c4)c3)cc21.CC1(C)c2ccccc2-c2ccc(-c3cccc(-c4cccc5c4sc4ccccc45)c3)cc21. The fraction of sp³-hybridized carbons (Fsp3) is 0.0732. The Morgan fingerprint density at radius 2 is 0.524 bits per heavy atom. The number of nitrogens with zero attached hydrogens (tertiary/aromatic N) is 2. The summed E-state index contributed by atoms with van der Waals surface area (Å²) in [5.41, 5.74) is 38.8. The lowest BCUT2D eigenvalue weighted by atomic mass is 9.80.